The molecule has 4 nitrogen and oxygen atoms in total. The SMILES string of the molecule is COc1cc(N=CNO)cc(C(F)(F)F)c1. The molecule has 16 heavy (non-hydrogen) atoms. The normalized spacial score (nSPS) is 11.8. The summed E-state index contributed by atoms with van der Waals surface area (Å²) >= 11 is 0. The summed E-state index contributed by atoms with van der Waals surface area (Å²) in [5, 5.41) is 8.23. The van der Waals surface area contributed by atoms with Crippen molar-refractivity contribution >= 4 is 12.0 Å². The Hall–Kier alpha value is -1.76. The lowest BCUT2D eigenvalue weighted by molar-refractivity contribution is -0.137. The van der Waals surface area contributed by atoms with Gasteiger partial charge in [-0.25, -0.2) is 4.99 Å². The summed E-state index contributed by atoms with van der Waals surface area (Å²) in [6.45, 7) is 0. The molecule has 0 radical (unpaired) electrons. The summed E-state index contributed by atoms with van der Waals surface area (Å²) in [4.78, 5) is 3.54. The number of hydroxylamine groups is 1. The first kappa shape index (κ1) is 12.3. The van der Waals surface area contributed by atoms with E-state index in [-0.39, 0.29) is 11.4 Å². The fraction of sp³-hybridized carbons (Fsp3) is 0.222. The van der Waals surface area contributed by atoms with E-state index >= 15 is 0 Å². The van der Waals surface area contributed by atoms with E-state index in [1.54, 1.807) is 5.48 Å². The van der Waals surface area contributed by atoms with Crippen LogP contribution in [0, 0.1) is 0 Å². The molecule has 0 aliphatic heterocycles. The molecule has 0 heterocycles. The van der Waals surface area contributed by atoms with Gasteiger partial charge < -0.3 is 4.74 Å². The fourth-order valence-electron chi connectivity index (χ4n) is 1.04. The number of nitrogens with one attached hydrogen (secondary N) is 1. The highest BCUT2D eigenvalue weighted by Gasteiger charge is 2.31. The number of hydrogen-bond acceptors (Lipinski definition) is 3. The number of alkyl halides is 3. The van der Waals surface area contributed by atoms with E-state index in [1.807, 2.05) is 0 Å². The van der Waals surface area contributed by atoms with Crippen LogP contribution in [0.25, 0.3) is 0 Å². The topological polar surface area (TPSA) is 53.8 Å². The van der Waals surface area contributed by atoms with E-state index in [0.717, 1.165) is 18.5 Å². The second-order valence-corrected chi connectivity index (χ2v) is 2.80. The standard InChI is InChI=1S/C9H9F3N2O2/c1-16-8-3-6(9(10,11)12)2-7(4-8)13-5-14-15/h2-5,15H,1H3,(H,13,14). The lowest BCUT2D eigenvalue weighted by Gasteiger charge is -2.09. The third kappa shape index (κ3) is 3.13. The van der Waals surface area contributed by atoms with Gasteiger partial charge in [0, 0.05) is 6.07 Å². The first-order valence-corrected chi connectivity index (χ1v) is 4.16. The van der Waals surface area contributed by atoms with Gasteiger partial charge in [-0.1, -0.05) is 0 Å². The summed E-state index contributed by atoms with van der Waals surface area (Å²) in [6.07, 6.45) is -3.61. The van der Waals surface area contributed by atoms with Gasteiger partial charge in [-0.15, -0.1) is 0 Å². The first-order valence-electron chi connectivity index (χ1n) is 4.16. The highest BCUT2D eigenvalue weighted by atomic mass is 19.4. The Bertz CT molecular complexity index is 391. The van der Waals surface area contributed by atoms with Crippen LogP contribution in [0.5, 0.6) is 5.75 Å². The maximum Gasteiger partial charge on any atom is 0.416 e. The van der Waals surface area contributed by atoms with Crippen molar-refractivity contribution in [2.75, 3.05) is 7.11 Å². The third-order valence-electron chi connectivity index (χ3n) is 1.73. The van der Waals surface area contributed by atoms with E-state index < -0.39 is 11.7 Å². The molecule has 0 fully saturated rings. The van der Waals surface area contributed by atoms with Crippen LogP contribution >= 0.6 is 0 Å². The molecule has 88 valence electrons. The van der Waals surface area contributed by atoms with Gasteiger partial charge in [0.25, 0.3) is 0 Å². The van der Waals surface area contributed by atoms with Crippen molar-refractivity contribution in [2.45, 2.75) is 6.18 Å². The fourth-order valence-corrected chi connectivity index (χ4v) is 1.04. The van der Waals surface area contributed by atoms with E-state index in [4.69, 9.17) is 9.94 Å². The minimum atomic E-state index is -4.47. The zero-order valence-electron chi connectivity index (χ0n) is 8.25. The smallest absolute Gasteiger partial charge is 0.416 e. The maximum absolute atomic E-state index is 12.4. The molecule has 1 aromatic carbocycles. The molecular formula is C9H9F3N2O2. The van der Waals surface area contributed by atoms with Gasteiger partial charge in [-0.3, -0.25) is 10.7 Å². The van der Waals surface area contributed by atoms with Crippen LogP contribution in [-0.4, -0.2) is 18.7 Å². The molecule has 0 spiro atoms. The predicted octanol–water partition coefficient (Wildman–Crippen LogP) is 2.35. The molecule has 0 aromatic heterocycles. The molecule has 0 bridgehead atoms. The van der Waals surface area contributed by atoms with Crippen LogP contribution in [0.2, 0.25) is 0 Å². The van der Waals surface area contributed by atoms with Crippen LogP contribution in [0.3, 0.4) is 0 Å². The van der Waals surface area contributed by atoms with Crippen molar-refractivity contribution < 1.29 is 23.1 Å². The summed E-state index contributed by atoms with van der Waals surface area (Å²) in [7, 11) is 1.26. The van der Waals surface area contributed by atoms with Crippen LogP contribution < -0.4 is 10.2 Å². The van der Waals surface area contributed by atoms with Crippen molar-refractivity contribution in [3.05, 3.63) is 23.8 Å². The van der Waals surface area contributed by atoms with Gasteiger partial charge in [0.15, 0.2) is 0 Å². The Labute approximate surface area is 89.3 Å². The van der Waals surface area contributed by atoms with Crippen molar-refractivity contribution in [3.63, 3.8) is 0 Å². The number of ether oxygens (including phenoxy) is 1. The summed E-state index contributed by atoms with van der Waals surface area (Å²) < 4.78 is 42.0. The largest absolute Gasteiger partial charge is 0.497 e. The predicted molar refractivity (Wildman–Crippen MR) is 51.1 cm³/mol. The average Bonchev–Trinajstić information content (AvgIpc) is 2.24. The number of methoxy groups -OCH3 is 1. The molecule has 1 aromatic rings. The van der Waals surface area contributed by atoms with Gasteiger partial charge in [-0.2, -0.15) is 13.2 Å². The molecule has 1 rings (SSSR count). The van der Waals surface area contributed by atoms with Crippen LogP contribution in [-0.2, 0) is 6.18 Å². The van der Waals surface area contributed by atoms with Gasteiger partial charge >= 0.3 is 6.18 Å². The number of rotatable bonds is 3. The van der Waals surface area contributed by atoms with E-state index in [9.17, 15) is 13.2 Å². The molecule has 0 amide bonds. The van der Waals surface area contributed by atoms with Crippen molar-refractivity contribution in [2.24, 2.45) is 4.99 Å². The number of aliphatic imine (C=N–C) groups is 1. The molecule has 0 aliphatic rings. The second-order valence-electron chi connectivity index (χ2n) is 2.80. The van der Waals surface area contributed by atoms with Crippen molar-refractivity contribution in [1.82, 2.24) is 5.48 Å². The zero-order chi connectivity index (χ0) is 12.2. The Balaban J connectivity index is 3.16. The molecule has 7 heteroatoms. The number of halogens is 3. The number of nitrogens with zero attached hydrogens (tertiary/aromatic N) is 1. The van der Waals surface area contributed by atoms with Gasteiger partial charge in [0.1, 0.15) is 12.1 Å². The molecule has 0 saturated carbocycles. The monoisotopic (exact) mass is 234 g/mol. The van der Waals surface area contributed by atoms with E-state index in [0.29, 0.717) is 0 Å². The molecule has 0 atom stereocenters. The van der Waals surface area contributed by atoms with Crippen molar-refractivity contribution in [3.8, 4) is 5.75 Å². The minimum Gasteiger partial charge on any atom is -0.497 e. The van der Waals surface area contributed by atoms with E-state index in [1.165, 1.54) is 13.2 Å². The molecular weight excluding hydrogens is 225 g/mol. The molecule has 2 N–H and O–H groups in total. The Kier molecular flexibility index (Phi) is 3.73. The third-order valence-corrected chi connectivity index (χ3v) is 1.73. The zero-order valence-corrected chi connectivity index (χ0v) is 8.25. The molecule has 0 saturated heterocycles. The van der Waals surface area contributed by atoms with Gasteiger partial charge in [0.05, 0.1) is 18.4 Å². The maximum atomic E-state index is 12.4. The minimum absolute atomic E-state index is 0.0215. The van der Waals surface area contributed by atoms with Crippen molar-refractivity contribution in [1.29, 1.82) is 0 Å². The molecule has 0 unspecified atom stereocenters. The number of benzene rings is 1. The first-order chi connectivity index (χ1) is 7.47. The van der Waals surface area contributed by atoms with Gasteiger partial charge in [0.2, 0.25) is 0 Å². The Morgan fingerprint density at radius 2 is 2.06 bits per heavy atom. The van der Waals surface area contributed by atoms with Gasteiger partial charge in [-0.05, 0) is 12.1 Å². The second kappa shape index (κ2) is 4.84. The molecule has 0 aliphatic carbocycles. The Morgan fingerprint density at radius 3 is 2.56 bits per heavy atom. The Morgan fingerprint density at radius 1 is 1.38 bits per heavy atom. The summed E-state index contributed by atoms with van der Waals surface area (Å²) in [5.41, 5.74) is 0.756. The lowest BCUT2D eigenvalue weighted by Crippen LogP contribution is -2.05. The highest BCUT2D eigenvalue weighted by molar-refractivity contribution is 5.61. The summed E-state index contributed by atoms with van der Waals surface area (Å²) in [6, 6.07) is 3.02. The van der Waals surface area contributed by atoms with Crippen LogP contribution in [0.4, 0.5) is 18.9 Å². The van der Waals surface area contributed by atoms with E-state index in [2.05, 4.69) is 4.99 Å². The lowest BCUT2D eigenvalue weighted by atomic mass is 10.2. The summed E-state index contributed by atoms with van der Waals surface area (Å²) in [5.74, 6) is 0.0416. The highest BCUT2D eigenvalue weighted by Crippen LogP contribution is 2.34. The van der Waals surface area contributed by atoms with Crippen LogP contribution in [0.1, 0.15) is 5.56 Å². The number of hydrogen-bond donors (Lipinski definition) is 2. The van der Waals surface area contributed by atoms with Crippen LogP contribution in [0.15, 0.2) is 23.2 Å². The quantitative estimate of drug-likeness (QED) is 0.479. The average molecular weight is 234 g/mol.